The molecule has 64 valence electrons. The van der Waals surface area contributed by atoms with Crippen LogP contribution in [0.4, 0.5) is 0 Å². The molecule has 0 aliphatic carbocycles. The van der Waals surface area contributed by atoms with Crippen LogP contribution in [0, 0.1) is 3.57 Å². The second kappa shape index (κ2) is 3.22. The highest BCUT2D eigenvalue weighted by Gasteiger charge is 2.23. The Morgan fingerprint density at radius 3 is 3.17 bits per heavy atom. The smallest absolute Gasteiger partial charge is 0.137 e. The van der Waals surface area contributed by atoms with Gasteiger partial charge in [0.15, 0.2) is 0 Å². The molecule has 1 atom stereocenters. The number of benzene rings is 1. The van der Waals surface area contributed by atoms with Crippen LogP contribution in [0.15, 0.2) is 18.2 Å². The summed E-state index contributed by atoms with van der Waals surface area (Å²) >= 11 is 2.30. The molecule has 0 aromatic heterocycles. The molecule has 1 N–H and O–H groups in total. The van der Waals surface area contributed by atoms with Gasteiger partial charge in [-0.3, -0.25) is 0 Å². The number of fused-ring (bicyclic) bond motifs is 1. The van der Waals surface area contributed by atoms with Gasteiger partial charge in [0.1, 0.15) is 12.4 Å². The predicted octanol–water partition coefficient (Wildman–Crippen LogP) is 1.94. The van der Waals surface area contributed by atoms with Gasteiger partial charge < -0.3 is 10.1 Å². The molecule has 1 aliphatic rings. The maximum Gasteiger partial charge on any atom is 0.137 e. The van der Waals surface area contributed by atoms with E-state index < -0.39 is 0 Å². The summed E-state index contributed by atoms with van der Waals surface area (Å²) in [5.41, 5.74) is 1.28. The fourth-order valence-electron chi connectivity index (χ4n) is 1.45. The molecule has 0 bridgehead atoms. The first kappa shape index (κ1) is 8.31. The molecule has 12 heavy (non-hydrogen) atoms. The zero-order valence-corrected chi connectivity index (χ0v) is 8.96. The van der Waals surface area contributed by atoms with E-state index in [0.29, 0.717) is 6.04 Å². The van der Waals surface area contributed by atoms with Gasteiger partial charge in [-0.15, -0.1) is 0 Å². The molecule has 2 nitrogen and oxygen atoms in total. The van der Waals surface area contributed by atoms with E-state index in [-0.39, 0.29) is 0 Å². The van der Waals surface area contributed by atoms with Crippen molar-refractivity contribution in [2.45, 2.75) is 6.04 Å². The number of para-hydroxylation sites is 1. The standard InChI is InChI=1S/C9H10INO/c1-11-8-5-12-9-6(8)3-2-4-7(9)10/h2-4,8,11H,5H2,1H3. The molecule has 0 fully saturated rings. The molecule has 1 heterocycles. The molecule has 1 aromatic rings. The first-order chi connectivity index (χ1) is 5.83. The quantitative estimate of drug-likeness (QED) is 0.791. The summed E-state index contributed by atoms with van der Waals surface area (Å²) in [6, 6.07) is 6.62. The monoisotopic (exact) mass is 275 g/mol. The second-order valence-corrected chi connectivity index (χ2v) is 3.97. The van der Waals surface area contributed by atoms with Crippen LogP contribution in [0.1, 0.15) is 11.6 Å². The van der Waals surface area contributed by atoms with E-state index in [4.69, 9.17) is 4.74 Å². The minimum atomic E-state index is 0.370. The Balaban J connectivity index is 2.46. The SMILES string of the molecule is CNC1COc2c(I)cccc21. The summed E-state index contributed by atoms with van der Waals surface area (Å²) in [5.74, 6) is 1.05. The Morgan fingerprint density at radius 2 is 2.42 bits per heavy atom. The second-order valence-electron chi connectivity index (χ2n) is 2.81. The van der Waals surface area contributed by atoms with Crippen molar-refractivity contribution < 1.29 is 4.74 Å². The molecule has 2 rings (SSSR count). The number of halogens is 1. The van der Waals surface area contributed by atoms with Crippen molar-refractivity contribution in [1.29, 1.82) is 0 Å². The molecule has 0 amide bonds. The van der Waals surface area contributed by atoms with Crippen molar-refractivity contribution in [3.05, 3.63) is 27.3 Å². The van der Waals surface area contributed by atoms with Crippen LogP contribution < -0.4 is 10.1 Å². The summed E-state index contributed by atoms with van der Waals surface area (Å²) in [6.07, 6.45) is 0. The molecule has 1 aliphatic heterocycles. The van der Waals surface area contributed by atoms with Gasteiger partial charge in [0.05, 0.1) is 9.61 Å². The number of likely N-dealkylation sites (N-methyl/N-ethyl adjacent to an activating group) is 1. The summed E-state index contributed by atoms with van der Waals surface area (Å²) in [6.45, 7) is 0.756. The molecule has 3 heteroatoms. The minimum absolute atomic E-state index is 0.370. The van der Waals surface area contributed by atoms with Crippen molar-refractivity contribution in [3.63, 3.8) is 0 Å². The molecule has 0 saturated carbocycles. The molecule has 1 aromatic carbocycles. The number of nitrogens with one attached hydrogen (secondary N) is 1. The van der Waals surface area contributed by atoms with Gasteiger partial charge in [0, 0.05) is 5.56 Å². The lowest BCUT2D eigenvalue weighted by Crippen LogP contribution is -2.16. The normalized spacial score (nSPS) is 20.3. The Hall–Kier alpha value is -0.290. The highest BCUT2D eigenvalue weighted by Crippen LogP contribution is 2.35. The molecule has 1 unspecified atom stereocenters. The van der Waals surface area contributed by atoms with E-state index in [2.05, 4.69) is 46.1 Å². The molecular weight excluding hydrogens is 265 g/mol. The van der Waals surface area contributed by atoms with Gasteiger partial charge in [0.2, 0.25) is 0 Å². The lowest BCUT2D eigenvalue weighted by Gasteiger charge is -2.05. The summed E-state index contributed by atoms with van der Waals surface area (Å²) < 4.78 is 6.76. The fourth-order valence-corrected chi connectivity index (χ4v) is 2.12. The third-order valence-corrected chi connectivity index (χ3v) is 2.97. The van der Waals surface area contributed by atoms with Crippen molar-refractivity contribution in [3.8, 4) is 5.75 Å². The van der Waals surface area contributed by atoms with Crippen LogP contribution in [-0.4, -0.2) is 13.7 Å². The van der Waals surface area contributed by atoms with E-state index in [1.807, 2.05) is 7.05 Å². The lowest BCUT2D eigenvalue weighted by atomic mass is 10.1. The number of hydrogen-bond donors (Lipinski definition) is 1. The Morgan fingerprint density at radius 1 is 1.58 bits per heavy atom. The van der Waals surface area contributed by atoms with E-state index >= 15 is 0 Å². The van der Waals surface area contributed by atoms with Crippen molar-refractivity contribution >= 4 is 22.6 Å². The molecule has 0 radical (unpaired) electrons. The average molecular weight is 275 g/mol. The van der Waals surface area contributed by atoms with Gasteiger partial charge in [-0.1, -0.05) is 12.1 Å². The van der Waals surface area contributed by atoms with Crippen molar-refractivity contribution in [2.24, 2.45) is 0 Å². The van der Waals surface area contributed by atoms with Gasteiger partial charge in [-0.25, -0.2) is 0 Å². The predicted molar refractivity (Wildman–Crippen MR) is 56.5 cm³/mol. The van der Waals surface area contributed by atoms with Crippen molar-refractivity contribution in [1.82, 2.24) is 5.32 Å². The average Bonchev–Trinajstić information content (AvgIpc) is 2.49. The maximum atomic E-state index is 5.56. The minimum Gasteiger partial charge on any atom is -0.490 e. The van der Waals surface area contributed by atoms with Crippen LogP contribution in [0.25, 0.3) is 0 Å². The van der Waals surface area contributed by atoms with Crippen LogP contribution in [0.5, 0.6) is 5.75 Å². The number of ether oxygens (including phenoxy) is 1. The van der Waals surface area contributed by atoms with Crippen LogP contribution in [-0.2, 0) is 0 Å². The first-order valence-electron chi connectivity index (χ1n) is 3.91. The summed E-state index contributed by atoms with van der Waals surface area (Å²) in [4.78, 5) is 0. The van der Waals surface area contributed by atoms with E-state index in [1.165, 1.54) is 9.13 Å². The summed E-state index contributed by atoms with van der Waals surface area (Å²) in [5, 5.41) is 3.22. The van der Waals surface area contributed by atoms with Crippen LogP contribution >= 0.6 is 22.6 Å². The van der Waals surface area contributed by atoms with Crippen molar-refractivity contribution in [2.75, 3.05) is 13.7 Å². The van der Waals surface area contributed by atoms with Gasteiger partial charge in [-0.2, -0.15) is 0 Å². The topological polar surface area (TPSA) is 21.3 Å². The van der Waals surface area contributed by atoms with Crippen LogP contribution in [0.2, 0.25) is 0 Å². The highest BCUT2D eigenvalue weighted by atomic mass is 127. The largest absolute Gasteiger partial charge is 0.490 e. The highest BCUT2D eigenvalue weighted by molar-refractivity contribution is 14.1. The molecule has 0 spiro atoms. The van der Waals surface area contributed by atoms with Gasteiger partial charge in [0.25, 0.3) is 0 Å². The van der Waals surface area contributed by atoms with Crippen LogP contribution in [0.3, 0.4) is 0 Å². The zero-order chi connectivity index (χ0) is 8.55. The first-order valence-corrected chi connectivity index (χ1v) is 4.99. The van der Waals surface area contributed by atoms with E-state index in [9.17, 15) is 0 Å². The lowest BCUT2D eigenvalue weighted by molar-refractivity contribution is 0.316. The Labute approximate surface area is 85.4 Å². The number of hydrogen-bond acceptors (Lipinski definition) is 2. The fraction of sp³-hybridized carbons (Fsp3) is 0.333. The third-order valence-electron chi connectivity index (χ3n) is 2.12. The molecule has 0 saturated heterocycles. The maximum absolute atomic E-state index is 5.56. The summed E-state index contributed by atoms with van der Waals surface area (Å²) in [7, 11) is 1.96. The molecular formula is C9H10INO. The van der Waals surface area contributed by atoms with E-state index in [0.717, 1.165) is 12.4 Å². The van der Waals surface area contributed by atoms with Gasteiger partial charge >= 0.3 is 0 Å². The Bertz CT molecular complexity index is 301. The van der Waals surface area contributed by atoms with Gasteiger partial charge in [-0.05, 0) is 35.7 Å². The number of rotatable bonds is 1. The Kier molecular flexibility index (Phi) is 2.23. The third kappa shape index (κ3) is 1.21. The zero-order valence-electron chi connectivity index (χ0n) is 6.80. The van der Waals surface area contributed by atoms with E-state index in [1.54, 1.807) is 0 Å².